The van der Waals surface area contributed by atoms with Crippen LogP contribution < -0.4 is 9.64 Å². The van der Waals surface area contributed by atoms with Crippen molar-refractivity contribution in [2.75, 3.05) is 4.90 Å². The zero-order chi connectivity index (χ0) is 35.6. The van der Waals surface area contributed by atoms with Gasteiger partial charge in [0.25, 0.3) is 11.8 Å². The second kappa shape index (κ2) is 11.3. The molecule has 50 heavy (non-hydrogen) atoms. The van der Waals surface area contributed by atoms with Crippen LogP contribution in [-0.4, -0.2) is 49.4 Å². The van der Waals surface area contributed by atoms with Crippen LogP contribution in [-0.2, 0) is 25.6 Å². The number of halogens is 7. The minimum atomic E-state index is -2.64. The number of benzene rings is 2. The number of allylic oxidation sites excluding steroid dienone is 3. The van der Waals surface area contributed by atoms with E-state index in [1.54, 1.807) is 6.08 Å². The Kier molecular flexibility index (Phi) is 7.48. The Hall–Kier alpha value is -3.97. The number of alkyl halides is 2. The zero-order valence-corrected chi connectivity index (χ0v) is 27.5. The van der Waals surface area contributed by atoms with Gasteiger partial charge >= 0.3 is 0 Å². The van der Waals surface area contributed by atoms with E-state index < -0.39 is 92.3 Å². The summed E-state index contributed by atoms with van der Waals surface area (Å²) in [6.07, 6.45) is 6.28. The van der Waals surface area contributed by atoms with E-state index in [-0.39, 0.29) is 41.0 Å². The SMILES string of the molecule is O=C1C2CC=C3C(CC4(Cl)C(=O)N(c5c(F)c(F)c(F)c(F)c5F)C(=O)C4(Cl)C3C3=COc4ccc(O)cc4C3)C2C(=O)N1C1CCCCC1. The highest BCUT2D eigenvalue weighted by molar-refractivity contribution is 6.58. The molecule has 0 aromatic heterocycles. The van der Waals surface area contributed by atoms with Crippen LogP contribution in [0.1, 0.15) is 50.5 Å². The molecule has 2 aromatic carbocycles. The van der Waals surface area contributed by atoms with E-state index in [0.29, 0.717) is 29.7 Å². The molecule has 2 aromatic rings. The number of aromatic hydroxyl groups is 1. The number of phenolic OH excluding ortho intramolecular Hbond substituents is 1. The van der Waals surface area contributed by atoms with E-state index in [1.165, 1.54) is 29.4 Å². The maximum atomic E-state index is 15.3. The normalized spacial score (nSPS) is 32.3. The van der Waals surface area contributed by atoms with Gasteiger partial charge in [-0.15, -0.1) is 23.2 Å². The molecule has 0 radical (unpaired) electrons. The average molecular weight is 738 g/mol. The molecular weight excluding hydrogens is 710 g/mol. The third-order valence-electron chi connectivity index (χ3n) is 11.3. The van der Waals surface area contributed by atoms with Gasteiger partial charge in [0.2, 0.25) is 17.6 Å². The number of likely N-dealkylation sites (tertiary alicyclic amines) is 1. The summed E-state index contributed by atoms with van der Waals surface area (Å²) in [6.45, 7) is 0. The minimum absolute atomic E-state index is 0.0426. The molecule has 262 valence electrons. The average Bonchev–Trinajstić information content (AvgIpc) is 3.44. The maximum Gasteiger partial charge on any atom is 0.258 e. The van der Waals surface area contributed by atoms with Crippen LogP contribution in [0, 0.1) is 52.8 Å². The number of nitrogens with zero attached hydrogens (tertiary/aromatic N) is 2. The zero-order valence-electron chi connectivity index (χ0n) is 26.0. The molecule has 3 aliphatic heterocycles. The van der Waals surface area contributed by atoms with Crippen LogP contribution in [0.15, 0.2) is 41.7 Å². The Balaban J connectivity index is 1.30. The molecule has 2 saturated heterocycles. The predicted molar refractivity (Wildman–Crippen MR) is 166 cm³/mol. The second-order valence-electron chi connectivity index (χ2n) is 13.8. The van der Waals surface area contributed by atoms with E-state index in [4.69, 9.17) is 27.9 Å². The highest BCUT2D eigenvalue weighted by Crippen LogP contribution is 2.65. The van der Waals surface area contributed by atoms with E-state index in [9.17, 15) is 37.5 Å². The third-order valence-corrected chi connectivity index (χ3v) is 12.8. The molecular formula is C35H27Cl2F5N2O6. The minimum Gasteiger partial charge on any atom is -0.508 e. The molecule has 3 aliphatic carbocycles. The molecule has 0 spiro atoms. The monoisotopic (exact) mass is 736 g/mol. The summed E-state index contributed by atoms with van der Waals surface area (Å²) in [6, 6.07) is 3.96. The van der Waals surface area contributed by atoms with E-state index in [1.807, 2.05) is 0 Å². The van der Waals surface area contributed by atoms with Gasteiger partial charge in [-0.2, -0.15) is 0 Å². The fourth-order valence-electron chi connectivity index (χ4n) is 9.10. The van der Waals surface area contributed by atoms with Crippen LogP contribution in [0.5, 0.6) is 11.5 Å². The Morgan fingerprint density at radius 1 is 0.840 bits per heavy atom. The first-order valence-electron chi connectivity index (χ1n) is 16.2. The van der Waals surface area contributed by atoms with Gasteiger partial charge in [0.05, 0.1) is 18.1 Å². The number of anilines is 1. The standard InChI is InChI=1S/C35H27Cl2F5N2O6/c36-34-12-20-18(7-8-19-22(20)31(47)43(30(19)46)16-4-2-1-3-5-16)23(15-10-14-11-17(45)6-9-21(14)50-13-15)35(34,37)33(49)44(32(34)48)29-27(41)25(39)24(38)26(40)28(29)42/h6-7,9,11,13,16,19-20,22-23,45H,1-5,8,10,12H2. The summed E-state index contributed by atoms with van der Waals surface area (Å²) >= 11 is 14.4. The summed E-state index contributed by atoms with van der Waals surface area (Å²) in [4.78, 5) is 52.7. The molecule has 6 atom stereocenters. The van der Waals surface area contributed by atoms with Crippen molar-refractivity contribution in [3.05, 3.63) is 76.3 Å². The van der Waals surface area contributed by atoms with Crippen LogP contribution in [0.3, 0.4) is 0 Å². The van der Waals surface area contributed by atoms with Crippen molar-refractivity contribution in [3.8, 4) is 11.5 Å². The molecule has 2 saturated carbocycles. The number of fused-ring (bicyclic) bond motifs is 5. The van der Waals surface area contributed by atoms with Crippen LogP contribution in [0.2, 0.25) is 0 Å². The highest BCUT2D eigenvalue weighted by atomic mass is 35.5. The van der Waals surface area contributed by atoms with Gasteiger partial charge in [-0.1, -0.05) is 30.9 Å². The lowest BCUT2D eigenvalue weighted by Crippen LogP contribution is -2.61. The number of hydrogen-bond donors (Lipinski definition) is 1. The van der Waals surface area contributed by atoms with Gasteiger partial charge in [0.1, 0.15) is 17.2 Å². The second-order valence-corrected chi connectivity index (χ2v) is 15.1. The summed E-state index contributed by atoms with van der Waals surface area (Å²) in [5, 5.41) is 10.2. The fourth-order valence-corrected chi connectivity index (χ4v) is 10.1. The molecule has 4 amide bonds. The molecule has 4 fully saturated rings. The smallest absolute Gasteiger partial charge is 0.258 e. The highest BCUT2D eigenvalue weighted by Gasteiger charge is 2.77. The Bertz CT molecular complexity index is 1970. The third kappa shape index (κ3) is 4.22. The fraction of sp³-hybridized carbons (Fsp3) is 0.429. The number of hydrogen-bond acceptors (Lipinski definition) is 6. The van der Waals surface area contributed by atoms with E-state index in [2.05, 4.69) is 0 Å². The number of carbonyl (C=O) groups is 4. The number of amides is 4. The molecule has 6 aliphatic rings. The van der Waals surface area contributed by atoms with Crippen molar-refractivity contribution in [1.82, 2.24) is 4.90 Å². The van der Waals surface area contributed by atoms with Crippen molar-refractivity contribution in [2.24, 2.45) is 23.7 Å². The summed E-state index contributed by atoms with van der Waals surface area (Å²) in [5.74, 6) is -20.2. The quantitative estimate of drug-likeness (QED) is 0.0987. The molecule has 1 N–H and O–H groups in total. The van der Waals surface area contributed by atoms with Crippen molar-refractivity contribution >= 4 is 52.5 Å². The van der Waals surface area contributed by atoms with Crippen molar-refractivity contribution in [2.45, 2.75) is 67.2 Å². The molecule has 8 nitrogen and oxygen atoms in total. The largest absolute Gasteiger partial charge is 0.508 e. The van der Waals surface area contributed by atoms with Crippen molar-refractivity contribution in [3.63, 3.8) is 0 Å². The number of rotatable bonds is 3. The molecule has 8 rings (SSSR count). The van der Waals surface area contributed by atoms with Crippen molar-refractivity contribution in [1.29, 1.82) is 0 Å². The van der Waals surface area contributed by atoms with Crippen molar-refractivity contribution < 1.29 is 51.0 Å². The molecule has 0 bridgehead atoms. The number of imide groups is 2. The van der Waals surface area contributed by atoms with Crippen LogP contribution >= 0.6 is 23.2 Å². The first-order valence-corrected chi connectivity index (χ1v) is 17.0. The number of phenols is 1. The lowest BCUT2D eigenvalue weighted by Gasteiger charge is -2.51. The van der Waals surface area contributed by atoms with Gasteiger partial charge in [0, 0.05) is 23.9 Å². The van der Waals surface area contributed by atoms with E-state index in [0.717, 1.165) is 19.3 Å². The molecule has 15 heteroatoms. The number of ether oxygens (including phenoxy) is 1. The van der Waals surface area contributed by atoms with Gasteiger partial charge < -0.3 is 9.84 Å². The maximum absolute atomic E-state index is 15.3. The lowest BCUT2D eigenvalue weighted by molar-refractivity contribution is -0.143. The summed E-state index contributed by atoms with van der Waals surface area (Å²) in [7, 11) is 0. The van der Waals surface area contributed by atoms with Gasteiger partial charge in [0.15, 0.2) is 33.0 Å². The Labute approximate surface area is 291 Å². The molecule has 6 unspecified atom stereocenters. The molecule has 3 heterocycles. The Morgan fingerprint density at radius 2 is 1.50 bits per heavy atom. The lowest BCUT2D eigenvalue weighted by atomic mass is 9.56. The van der Waals surface area contributed by atoms with Gasteiger partial charge in [-0.05, 0) is 55.4 Å². The topological polar surface area (TPSA) is 104 Å². The summed E-state index contributed by atoms with van der Waals surface area (Å²) < 4.78 is 79.3. The van der Waals surface area contributed by atoms with Gasteiger partial charge in [-0.25, -0.2) is 26.9 Å². The first kappa shape index (κ1) is 33.2. The van der Waals surface area contributed by atoms with Gasteiger partial charge in [-0.3, -0.25) is 24.1 Å². The number of carbonyl (C=O) groups excluding carboxylic acids is 4. The van der Waals surface area contributed by atoms with E-state index >= 15 is 8.78 Å². The summed E-state index contributed by atoms with van der Waals surface area (Å²) in [5.41, 5.74) is -0.829. The predicted octanol–water partition coefficient (Wildman–Crippen LogP) is 6.34. The van der Waals surface area contributed by atoms with Crippen LogP contribution in [0.4, 0.5) is 27.6 Å². The first-order chi connectivity index (χ1) is 23.7. The Morgan fingerprint density at radius 3 is 2.18 bits per heavy atom. The van der Waals surface area contributed by atoms with Crippen LogP contribution in [0.25, 0.3) is 0 Å².